The number of likely N-dealkylation sites (tertiary alicyclic amines) is 2. The zero-order valence-electron chi connectivity index (χ0n) is 19.2. The van der Waals surface area contributed by atoms with Crippen molar-refractivity contribution in [2.45, 2.75) is 24.7 Å². The average molecular weight is 493 g/mol. The highest BCUT2D eigenvalue weighted by atomic mass is 35.5. The van der Waals surface area contributed by atoms with Gasteiger partial charge in [-0.1, -0.05) is 83.9 Å². The van der Waals surface area contributed by atoms with Crippen LogP contribution >= 0.6 is 23.2 Å². The Kier molecular flexibility index (Phi) is 7.24. The second-order valence-electron chi connectivity index (χ2n) is 9.60. The Balaban J connectivity index is 1.28. The van der Waals surface area contributed by atoms with Crippen LogP contribution in [0.4, 0.5) is 0 Å². The normalized spacial score (nSPS) is 21.6. The molecule has 2 saturated heterocycles. The second kappa shape index (κ2) is 10.5. The van der Waals surface area contributed by atoms with Gasteiger partial charge in [-0.15, -0.1) is 0 Å². The summed E-state index contributed by atoms with van der Waals surface area (Å²) in [5.74, 6) is 1.42. The lowest BCUT2D eigenvalue weighted by atomic mass is 9.86. The molecular weight excluding hydrogens is 463 g/mol. The fraction of sp³-hybridized carbons (Fsp3) is 0.345. The Labute approximate surface area is 212 Å². The van der Waals surface area contributed by atoms with Gasteiger partial charge in [-0.25, -0.2) is 0 Å². The number of amides is 1. The van der Waals surface area contributed by atoms with Crippen molar-refractivity contribution < 1.29 is 4.79 Å². The Morgan fingerprint density at radius 3 is 2.09 bits per heavy atom. The molecule has 34 heavy (non-hydrogen) atoms. The monoisotopic (exact) mass is 492 g/mol. The van der Waals surface area contributed by atoms with Crippen molar-refractivity contribution in [1.29, 1.82) is 0 Å². The summed E-state index contributed by atoms with van der Waals surface area (Å²) >= 11 is 12.3. The van der Waals surface area contributed by atoms with E-state index < -0.39 is 0 Å². The highest BCUT2D eigenvalue weighted by molar-refractivity contribution is 6.42. The number of carbonyl (C=O) groups excluding carboxylic acids is 1. The maximum atomic E-state index is 13.3. The molecule has 2 atom stereocenters. The Morgan fingerprint density at radius 1 is 0.794 bits per heavy atom. The van der Waals surface area contributed by atoms with Gasteiger partial charge in [0.15, 0.2) is 0 Å². The molecule has 0 saturated carbocycles. The predicted molar refractivity (Wildman–Crippen MR) is 140 cm³/mol. The summed E-state index contributed by atoms with van der Waals surface area (Å²) in [5.41, 5.74) is 3.38. The van der Waals surface area contributed by atoms with Crippen LogP contribution < -0.4 is 0 Å². The summed E-state index contributed by atoms with van der Waals surface area (Å²) in [4.78, 5) is 17.9. The summed E-state index contributed by atoms with van der Waals surface area (Å²) in [6, 6.07) is 26.7. The molecule has 0 radical (unpaired) electrons. The van der Waals surface area contributed by atoms with Gasteiger partial charge in [0.2, 0.25) is 0 Å². The minimum Gasteiger partial charge on any atom is -0.338 e. The van der Waals surface area contributed by atoms with Crippen molar-refractivity contribution in [3.8, 4) is 0 Å². The highest BCUT2D eigenvalue weighted by Gasteiger charge is 2.38. The van der Waals surface area contributed by atoms with Crippen LogP contribution in [-0.2, 0) is 0 Å². The summed E-state index contributed by atoms with van der Waals surface area (Å²) in [6.45, 7) is 4.73. The molecule has 5 rings (SSSR count). The molecule has 0 aromatic heterocycles. The van der Waals surface area contributed by atoms with E-state index in [1.807, 2.05) is 4.90 Å². The minimum atomic E-state index is 0.0322. The van der Waals surface area contributed by atoms with Gasteiger partial charge >= 0.3 is 0 Å². The van der Waals surface area contributed by atoms with Crippen molar-refractivity contribution in [3.05, 3.63) is 106 Å². The topological polar surface area (TPSA) is 23.6 Å². The van der Waals surface area contributed by atoms with E-state index in [9.17, 15) is 4.79 Å². The van der Waals surface area contributed by atoms with Crippen molar-refractivity contribution in [3.63, 3.8) is 0 Å². The van der Waals surface area contributed by atoms with Gasteiger partial charge in [-0.2, -0.15) is 0 Å². The van der Waals surface area contributed by atoms with E-state index in [1.54, 1.807) is 18.2 Å². The molecule has 3 aromatic carbocycles. The first-order valence-corrected chi connectivity index (χ1v) is 12.9. The molecular formula is C29H30Cl2N2O. The minimum absolute atomic E-state index is 0.0322. The number of hydrogen-bond acceptors (Lipinski definition) is 2. The van der Waals surface area contributed by atoms with E-state index in [2.05, 4.69) is 65.6 Å². The molecule has 176 valence electrons. The lowest BCUT2D eigenvalue weighted by Crippen LogP contribution is -2.38. The summed E-state index contributed by atoms with van der Waals surface area (Å²) < 4.78 is 0. The third-order valence-electron chi connectivity index (χ3n) is 7.47. The van der Waals surface area contributed by atoms with Crippen molar-refractivity contribution >= 4 is 29.1 Å². The third kappa shape index (κ3) is 5.17. The molecule has 2 heterocycles. The number of piperidine rings is 1. The largest absolute Gasteiger partial charge is 0.338 e. The molecule has 3 aromatic rings. The average Bonchev–Trinajstić information content (AvgIpc) is 3.30. The smallest absolute Gasteiger partial charge is 0.253 e. The van der Waals surface area contributed by atoms with Gasteiger partial charge in [0.05, 0.1) is 10.0 Å². The fourth-order valence-corrected chi connectivity index (χ4v) is 5.92. The van der Waals surface area contributed by atoms with Gasteiger partial charge in [0.25, 0.3) is 5.91 Å². The van der Waals surface area contributed by atoms with Crippen LogP contribution in [0, 0.1) is 5.92 Å². The van der Waals surface area contributed by atoms with Crippen molar-refractivity contribution in [2.24, 2.45) is 5.92 Å². The Hall–Kier alpha value is -2.33. The zero-order chi connectivity index (χ0) is 23.5. The lowest BCUT2D eigenvalue weighted by molar-refractivity contribution is 0.0781. The number of carbonyl (C=O) groups is 1. The van der Waals surface area contributed by atoms with Crippen LogP contribution in [-0.4, -0.2) is 48.4 Å². The standard InChI is InChI=1S/C29H30Cl2N2O/c30-27-12-11-24(17-28(27)31)29(34)33-19-25(26(20-33)23-9-5-2-6-10-23)18-32-15-13-22(14-16-32)21-7-3-1-4-8-21/h1-12,17,22,25-26H,13-16,18-20H2/t25?,26-/m1/s1. The zero-order valence-corrected chi connectivity index (χ0v) is 20.8. The maximum Gasteiger partial charge on any atom is 0.253 e. The van der Waals surface area contributed by atoms with E-state index >= 15 is 0 Å². The third-order valence-corrected chi connectivity index (χ3v) is 8.21. The predicted octanol–water partition coefficient (Wildman–Crippen LogP) is 6.73. The summed E-state index contributed by atoms with van der Waals surface area (Å²) in [5, 5.41) is 0.891. The number of halogens is 2. The van der Waals surface area contributed by atoms with Gasteiger partial charge < -0.3 is 9.80 Å². The Morgan fingerprint density at radius 2 is 1.44 bits per heavy atom. The van der Waals surface area contributed by atoms with Gasteiger partial charge in [0, 0.05) is 31.1 Å². The first-order valence-electron chi connectivity index (χ1n) is 12.1. The summed E-state index contributed by atoms with van der Waals surface area (Å²) in [6.07, 6.45) is 2.39. The lowest BCUT2D eigenvalue weighted by Gasteiger charge is -2.34. The first kappa shape index (κ1) is 23.4. The van der Waals surface area contributed by atoms with E-state index in [4.69, 9.17) is 23.2 Å². The summed E-state index contributed by atoms with van der Waals surface area (Å²) in [7, 11) is 0. The number of hydrogen-bond donors (Lipinski definition) is 0. The molecule has 2 fully saturated rings. The Bertz CT molecular complexity index is 1110. The van der Waals surface area contributed by atoms with Crippen LogP contribution in [0.15, 0.2) is 78.9 Å². The molecule has 2 aliphatic rings. The van der Waals surface area contributed by atoms with E-state index in [0.29, 0.717) is 33.4 Å². The van der Waals surface area contributed by atoms with Crippen molar-refractivity contribution in [2.75, 3.05) is 32.7 Å². The SMILES string of the molecule is O=C(c1ccc(Cl)c(Cl)c1)N1CC(CN2CCC(c3ccccc3)CC2)[C@@H](c2ccccc2)C1. The number of benzene rings is 3. The first-order chi connectivity index (χ1) is 16.6. The van der Waals surface area contributed by atoms with E-state index in [0.717, 1.165) is 32.7 Å². The molecule has 0 spiro atoms. The molecule has 0 aliphatic carbocycles. The van der Waals surface area contributed by atoms with Crippen LogP contribution in [0.1, 0.15) is 46.2 Å². The van der Waals surface area contributed by atoms with Crippen LogP contribution in [0.3, 0.4) is 0 Å². The molecule has 5 heteroatoms. The molecule has 1 unspecified atom stereocenters. The second-order valence-corrected chi connectivity index (χ2v) is 10.4. The molecule has 2 aliphatic heterocycles. The van der Waals surface area contributed by atoms with Gasteiger partial charge in [-0.3, -0.25) is 4.79 Å². The van der Waals surface area contributed by atoms with Gasteiger partial charge in [-0.05, 0) is 67.1 Å². The number of rotatable bonds is 5. The molecule has 3 nitrogen and oxygen atoms in total. The van der Waals surface area contributed by atoms with E-state index in [1.165, 1.54) is 24.0 Å². The van der Waals surface area contributed by atoms with Crippen molar-refractivity contribution in [1.82, 2.24) is 9.80 Å². The highest BCUT2D eigenvalue weighted by Crippen LogP contribution is 2.36. The molecule has 1 amide bonds. The fourth-order valence-electron chi connectivity index (χ4n) is 5.62. The maximum absolute atomic E-state index is 13.3. The quantitative estimate of drug-likeness (QED) is 0.394. The van der Waals surface area contributed by atoms with Gasteiger partial charge in [0.1, 0.15) is 0 Å². The van der Waals surface area contributed by atoms with Crippen LogP contribution in [0.2, 0.25) is 10.0 Å². The number of nitrogens with zero attached hydrogens (tertiary/aromatic N) is 2. The van der Waals surface area contributed by atoms with E-state index in [-0.39, 0.29) is 5.91 Å². The molecule has 0 N–H and O–H groups in total. The molecule has 0 bridgehead atoms. The van der Waals surface area contributed by atoms with Crippen LogP contribution in [0.25, 0.3) is 0 Å². The van der Waals surface area contributed by atoms with Crippen LogP contribution in [0.5, 0.6) is 0 Å².